The molecular weight excluding hydrogens is 247 g/mol. The molecule has 0 N–H and O–H groups in total. The van der Waals surface area contributed by atoms with Gasteiger partial charge in [-0.05, 0) is 18.6 Å². The minimum atomic E-state index is -3.23. The summed E-state index contributed by atoms with van der Waals surface area (Å²) in [5, 5.41) is 0.582. The first-order valence-corrected chi connectivity index (χ1v) is 7.65. The van der Waals surface area contributed by atoms with Crippen molar-refractivity contribution >= 4 is 12.9 Å². The maximum absolute atomic E-state index is 12.7. The average Bonchev–Trinajstić information content (AvgIpc) is 2.40. The van der Waals surface area contributed by atoms with E-state index in [9.17, 15) is 4.57 Å². The van der Waals surface area contributed by atoms with Crippen molar-refractivity contribution in [3.05, 3.63) is 30.3 Å². The average molecular weight is 266 g/mol. The molecule has 1 rings (SSSR count). The van der Waals surface area contributed by atoms with E-state index in [1.54, 1.807) is 12.1 Å². The summed E-state index contributed by atoms with van der Waals surface area (Å²) in [5.74, 6) is 2.46. The molecule has 1 aromatic carbocycles. The fourth-order valence-electron chi connectivity index (χ4n) is 1.35. The lowest BCUT2D eigenvalue weighted by atomic mass is 10.4. The largest absolute Gasteiger partial charge is 0.361 e. The van der Waals surface area contributed by atoms with Crippen LogP contribution >= 0.6 is 7.60 Å². The molecule has 0 spiro atoms. The van der Waals surface area contributed by atoms with Crippen molar-refractivity contribution in [1.29, 1.82) is 0 Å². The lowest BCUT2D eigenvalue weighted by Crippen LogP contribution is -2.11. The normalized spacial score (nSPS) is 13.8. The van der Waals surface area contributed by atoms with Crippen LogP contribution < -0.4 is 5.30 Å². The first-order chi connectivity index (χ1) is 8.73. The van der Waals surface area contributed by atoms with Gasteiger partial charge >= 0.3 is 7.60 Å². The summed E-state index contributed by atoms with van der Waals surface area (Å²) in [7, 11) is -3.23. The molecule has 0 amide bonds. The maximum atomic E-state index is 12.7. The Labute approximate surface area is 109 Å². The summed E-state index contributed by atoms with van der Waals surface area (Å²) < 4.78 is 23.5. The van der Waals surface area contributed by atoms with Gasteiger partial charge in [0.15, 0.2) is 0 Å². The second-order valence-electron chi connectivity index (χ2n) is 3.81. The van der Waals surface area contributed by atoms with Gasteiger partial charge in [0.2, 0.25) is 0 Å². The van der Waals surface area contributed by atoms with Gasteiger partial charge in [0.1, 0.15) is 0 Å². The standard InChI is InChI=1S/C14H19O3P/c1-3-5-12-16-18(15,17-13-6-4-2)14-10-8-7-9-11-14/h1,7-11H,4-6,12-13H2,2H3. The second-order valence-corrected chi connectivity index (χ2v) is 5.83. The molecule has 4 heteroatoms. The van der Waals surface area contributed by atoms with E-state index in [2.05, 4.69) is 12.8 Å². The van der Waals surface area contributed by atoms with Gasteiger partial charge in [0, 0.05) is 6.42 Å². The summed E-state index contributed by atoms with van der Waals surface area (Å²) in [5.41, 5.74) is 0. The Balaban J connectivity index is 2.74. The molecule has 0 aliphatic heterocycles. The van der Waals surface area contributed by atoms with Gasteiger partial charge < -0.3 is 9.05 Å². The molecule has 0 aromatic heterocycles. The quantitative estimate of drug-likeness (QED) is 0.411. The van der Waals surface area contributed by atoms with Crippen LogP contribution in [0.5, 0.6) is 0 Å². The third-order valence-electron chi connectivity index (χ3n) is 2.34. The van der Waals surface area contributed by atoms with Gasteiger partial charge in [-0.15, -0.1) is 12.3 Å². The third kappa shape index (κ3) is 4.66. The fraction of sp³-hybridized carbons (Fsp3) is 0.429. The van der Waals surface area contributed by atoms with Gasteiger partial charge in [-0.25, -0.2) is 0 Å². The molecule has 0 heterocycles. The molecule has 1 aromatic rings. The highest BCUT2D eigenvalue weighted by Crippen LogP contribution is 2.47. The Kier molecular flexibility index (Phi) is 6.75. The van der Waals surface area contributed by atoms with E-state index < -0.39 is 7.60 Å². The van der Waals surface area contributed by atoms with Crippen LogP contribution in [-0.2, 0) is 13.6 Å². The maximum Gasteiger partial charge on any atom is 0.361 e. The molecule has 0 aliphatic rings. The van der Waals surface area contributed by atoms with Crippen molar-refractivity contribution < 1.29 is 13.6 Å². The number of hydrogen-bond acceptors (Lipinski definition) is 3. The Morgan fingerprint density at radius 2 is 1.89 bits per heavy atom. The summed E-state index contributed by atoms with van der Waals surface area (Å²) in [4.78, 5) is 0. The van der Waals surface area contributed by atoms with Crippen LogP contribution in [0.1, 0.15) is 26.2 Å². The molecular formula is C14H19O3P. The SMILES string of the molecule is C#CCCOP(=O)(OCCCC)c1ccccc1. The Morgan fingerprint density at radius 3 is 2.50 bits per heavy atom. The van der Waals surface area contributed by atoms with Crippen molar-refractivity contribution in [1.82, 2.24) is 0 Å². The highest BCUT2D eigenvalue weighted by atomic mass is 31.2. The van der Waals surface area contributed by atoms with Crippen LogP contribution in [0.25, 0.3) is 0 Å². The van der Waals surface area contributed by atoms with E-state index in [1.807, 2.05) is 18.2 Å². The van der Waals surface area contributed by atoms with Crippen molar-refractivity contribution in [2.24, 2.45) is 0 Å². The number of terminal acetylenes is 1. The molecule has 0 saturated heterocycles. The highest BCUT2D eigenvalue weighted by Gasteiger charge is 2.26. The predicted octanol–water partition coefficient (Wildman–Crippen LogP) is 3.36. The minimum Gasteiger partial charge on any atom is -0.305 e. The highest BCUT2D eigenvalue weighted by molar-refractivity contribution is 7.62. The summed E-state index contributed by atoms with van der Waals surface area (Å²) in [6.07, 6.45) is 7.42. The van der Waals surface area contributed by atoms with E-state index in [1.165, 1.54) is 0 Å². The summed E-state index contributed by atoms with van der Waals surface area (Å²) in [6, 6.07) is 9.00. The molecule has 18 heavy (non-hydrogen) atoms. The molecule has 0 saturated carbocycles. The van der Waals surface area contributed by atoms with E-state index in [0.29, 0.717) is 18.3 Å². The van der Waals surface area contributed by atoms with Gasteiger partial charge in [-0.2, -0.15) is 0 Å². The van der Waals surface area contributed by atoms with Crippen molar-refractivity contribution in [3.8, 4) is 12.3 Å². The smallest absolute Gasteiger partial charge is 0.305 e. The number of rotatable bonds is 8. The summed E-state index contributed by atoms with van der Waals surface area (Å²) in [6.45, 7) is 2.73. The Hall–Kier alpha value is -1.07. The lowest BCUT2D eigenvalue weighted by Gasteiger charge is -2.18. The van der Waals surface area contributed by atoms with Gasteiger partial charge in [0.05, 0.1) is 18.5 Å². The van der Waals surface area contributed by atoms with E-state index >= 15 is 0 Å². The molecule has 0 bridgehead atoms. The van der Waals surface area contributed by atoms with Gasteiger partial charge in [-0.3, -0.25) is 4.57 Å². The van der Waals surface area contributed by atoms with Crippen LogP contribution in [0.4, 0.5) is 0 Å². The topological polar surface area (TPSA) is 35.5 Å². The molecule has 3 nitrogen and oxygen atoms in total. The molecule has 1 atom stereocenters. The van der Waals surface area contributed by atoms with Crippen molar-refractivity contribution in [2.75, 3.05) is 13.2 Å². The van der Waals surface area contributed by atoms with Crippen molar-refractivity contribution in [3.63, 3.8) is 0 Å². The van der Waals surface area contributed by atoms with Crippen LogP contribution in [0.2, 0.25) is 0 Å². The van der Waals surface area contributed by atoms with E-state index in [4.69, 9.17) is 15.5 Å². The third-order valence-corrected chi connectivity index (χ3v) is 4.31. The number of benzene rings is 1. The Morgan fingerprint density at radius 1 is 1.22 bits per heavy atom. The van der Waals surface area contributed by atoms with Crippen LogP contribution in [0.15, 0.2) is 30.3 Å². The van der Waals surface area contributed by atoms with E-state index in [0.717, 1.165) is 12.8 Å². The van der Waals surface area contributed by atoms with Crippen LogP contribution in [-0.4, -0.2) is 13.2 Å². The zero-order chi connectivity index (χ0) is 13.3. The lowest BCUT2D eigenvalue weighted by molar-refractivity contribution is 0.214. The van der Waals surface area contributed by atoms with Crippen molar-refractivity contribution in [2.45, 2.75) is 26.2 Å². The Bertz CT molecular complexity index is 422. The number of hydrogen-bond donors (Lipinski definition) is 0. The fourth-order valence-corrected chi connectivity index (χ4v) is 2.96. The minimum absolute atomic E-state index is 0.245. The van der Waals surface area contributed by atoms with Crippen LogP contribution in [0, 0.1) is 12.3 Å². The number of unbranched alkanes of at least 4 members (excludes halogenated alkanes) is 1. The first kappa shape index (κ1) is 15.0. The molecule has 98 valence electrons. The monoisotopic (exact) mass is 266 g/mol. The molecule has 0 radical (unpaired) electrons. The zero-order valence-corrected chi connectivity index (χ0v) is 11.6. The molecule has 0 aliphatic carbocycles. The van der Waals surface area contributed by atoms with Gasteiger partial charge in [-0.1, -0.05) is 31.5 Å². The summed E-state index contributed by atoms with van der Waals surface area (Å²) >= 11 is 0. The predicted molar refractivity (Wildman–Crippen MR) is 73.9 cm³/mol. The first-order valence-electron chi connectivity index (χ1n) is 6.11. The molecule has 1 unspecified atom stereocenters. The van der Waals surface area contributed by atoms with Crippen LogP contribution in [0.3, 0.4) is 0 Å². The second kappa shape index (κ2) is 8.11. The van der Waals surface area contributed by atoms with E-state index in [-0.39, 0.29) is 6.61 Å². The zero-order valence-electron chi connectivity index (χ0n) is 10.7. The van der Waals surface area contributed by atoms with Gasteiger partial charge in [0.25, 0.3) is 0 Å². The molecule has 0 fully saturated rings.